The number of likely N-dealkylation sites (N-methyl/N-ethyl adjacent to an activating group) is 1. The summed E-state index contributed by atoms with van der Waals surface area (Å²) in [6.07, 6.45) is 2.92. The van der Waals surface area contributed by atoms with Crippen LogP contribution in [0, 0.1) is 12.7 Å². The van der Waals surface area contributed by atoms with Gasteiger partial charge in [-0.3, -0.25) is 9.69 Å². The first kappa shape index (κ1) is 18.3. The predicted molar refractivity (Wildman–Crippen MR) is 107 cm³/mol. The van der Waals surface area contributed by atoms with Crippen molar-refractivity contribution in [3.05, 3.63) is 46.9 Å². The summed E-state index contributed by atoms with van der Waals surface area (Å²) in [5.41, 5.74) is 2.11. The van der Waals surface area contributed by atoms with Gasteiger partial charge in [-0.1, -0.05) is 0 Å². The Balaban J connectivity index is 1.51. The van der Waals surface area contributed by atoms with Crippen LogP contribution < -0.4 is 0 Å². The first-order chi connectivity index (χ1) is 14.0. The average Bonchev–Trinajstić information content (AvgIpc) is 3.28. The number of aryl methyl sites for hydroxylation is 1. The molecule has 0 aliphatic carbocycles. The number of aromatic amines is 1. The number of carbonyl (C=O) groups is 1. The van der Waals surface area contributed by atoms with Gasteiger partial charge in [0.15, 0.2) is 5.82 Å². The van der Waals surface area contributed by atoms with Crippen molar-refractivity contribution in [1.29, 1.82) is 0 Å². The number of hydrogen-bond donors (Lipinski definition) is 1. The summed E-state index contributed by atoms with van der Waals surface area (Å²) in [6.45, 7) is 5.14. The lowest BCUT2D eigenvalue weighted by molar-refractivity contribution is 0.0586. The van der Waals surface area contributed by atoms with Crippen molar-refractivity contribution >= 4 is 16.8 Å². The molecule has 1 amide bonds. The molecule has 0 spiro atoms. The molecule has 1 N–H and O–H groups in total. The maximum atomic E-state index is 13.7. The Kier molecular flexibility index (Phi) is 4.38. The van der Waals surface area contributed by atoms with Crippen molar-refractivity contribution in [3.63, 3.8) is 0 Å². The Morgan fingerprint density at radius 2 is 2.07 bits per heavy atom. The van der Waals surface area contributed by atoms with Gasteiger partial charge in [-0.25, -0.2) is 4.39 Å². The van der Waals surface area contributed by atoms with Crippen LogP contribution in [0.4, 0.5) is 4.39 Å². The van der Waals surface area contributed by atoms with Crippen LogP contribution in [-0.4, -0.2) is 55.6 Å². The number of benzene rings is 1. The third-order valence-corrected chi connectivity index (χ3v) is 6.27. The van der Waals surface area contributed by atoms with Crippen molar-refractivity contribution < 1.29 is 9.18 Å². The van der Waals surface area contributed by atoms with E-state index in [1.807, 2.05) is 11.8 Å². The molecular weight excluding hydrogens is 371 g/mol. The smallest absolute Gasteiger partial charge is 0.271 e. The Hall–Kier alpha value is -2.74. The lowest BCUT2D eigenvalue weighted by Crippen LogP contribution is -2.41. The molecule has 2 aromatic heterocycles. The van der Waals surface area contributed by atoms with Crippen LogP contribution in [0.25, 0.3) is 10.9 Å². The fourth-order valence-corrected chi connectivity index (χ4v) is 4.65. The first-order valence-electron chi connectivity index (χ1n) is 10.2. The maximum Gasteiger partial charge on any atom is 0.271 e. The maximum absolute atomic E-state index is 13.7. The number of aromatic nitrogens is 4. The highest BCUT2D eigenvalue weighted by atomic mass is 19.1. The first-order valence-corrected chi connectivity index (χ1v) is 10.2. The van der Waals surface area contributed by atoms with Crippen molar-refractivity contribution in [3.8, 4) is 0 Å². The number of halogens is 1. The number of fused-ring (bicyclic) bond motifs is 2. The molecule has 3 aromatic rings. The molecule has 1 fully saturated rings. The topological polar surface area (TPSA) is 70.1 Å². The molecule has 0 bridgehead atoms. The minimum atomic E-state index is -0.297. The van der Waals surface area contributed by atoms with Crippen LogP contribution in [-0.2, 0) is 13.1 Å². The Morgan fingerprint density at radius 1 is 1.21 bits per heavy atom. The largest absolute Gasteiger partial charge is 0.350 e. The van der Waals surface area contributed by atoms with E-state index in [2.05, 4.69) is 31.7 Å². The summed E-state index contributed by atoms with van der Waals surface area (Å²) in [5, 5.41) is 9.64. The van der Waals surface area contributed by atoms with E-state index in [1.165, 1.54) is 12.1 Å². The fraction of sp³-hybridized carbons (Fsp3) is 0.476. The van der Waals surface area contributed by atoms with Gasteiger partial charge in [-0.2, -0.15) is 0 Å². The molecule has 2 aliphatic rings. The SMILES string of the molecule is Cc1c(C(=O)N2CCCC[C@H]2c2nnc3n2CCN(C)C3)[nH]c2ccc(F)cc12. The third kappa shape index (κ3) is 3.02. The van der Waals surface area contributed by atoms with Crippen molar-refractivity contribution in [2.45, 2.75) is 45.3 Å². The van der Waals surface area contributed by atoms with Crippen LogP contribution in [0.1, 0.15) is 53.0 Å². The molecule has 2 aliphatic heterocycles. The molecule has 0 radical (unpaired) electrons. The Bertz CT molecular complexity index is 1090. The predicted octanol–water partition coefficient (Wildman–Crippen LogP) is 3.02. The van der Waals surface area contributed by atoms with E-state index in [-0.39, 0.29) is 17.8 Å². The van der Waals surface area contributed by atoms with Crippen LogP contribution in [0.15, 0.2) is 18.2 Å². The highest BCUT2D eigenvalue weighted by Crippen LogP contribution is 2.33. The van der Waals surface area contributed by atoms with E-state index in [0.29, 0.717) is 12.2 Å². The average molecular weight is 396 g/mol. The molecule has 152 valence electrons. The second-order valence-electron chi connectivity index (χ2n) is 8.19. The van der Waals surface area contributed by atoms with Gasteiger partial charge in [0.25, 0.3) is 5.91 Å². The monoisotopic (exact) mass is 396 g/mol. The zero-order valence-electron chi connectivity index (χ0n) is 16.8. The molecule has 1 aromatic carbocycles. The van der Waals surface area contributed by atoms with E-state index in [1.54, 1.807) is 6.07 Å². The zero-order valence-corrected chi connectivity index (χ0v) is 16.8. The van der Waals surface area contributed by atoms with E-state index in [0.717, 1.165) is 67.0 Å². The molecule has 7 nitrogen and oxygen atoms in total. The van der Waals surface area contributed by atoms with Gasteiger partial charge < -0.3 is 14.5 Å². The molecule has 4 heterocycles. The second-order valence-corrected chi connectivity index (χ2v) is 8.19. The van der Waals surface area contributed by atoms with E-state index in [9.17, 15) is 9.18 Å². The molecule has 1 atom stereocenters. The number of piperidine rings is 1. The standard InChI is InChI=1S/C21H25FN6O/c1-13-15-11-14(22)6-7-16(15)23-19(13)21(29)27-8-4-3-5-17(27)20-25-24-18-12-26(2)9-10-28(18)20/h6-7,11,17,23H,3-5,8-10,12H2,1-2H3/t17-/m0/s1. The number of likely N-dealkylation sites (tertiary alicyclic amines) is 1. The summed E-state index contributed by atoms with van der Waals surface area (Å²) < 4.78 is 15.9. The van der Waals surface area contributed by atoms with Gasteiger partial charge in [-0.15, -0.1) is 10.2 Å². The van der Waals surface area contributed by atoms with Gasteiger partial charge in [0.05, 0.1) is 12.6 Å². The molecule has 5 rings (SSSR count). The Morgan fingerprint density at radius 3 is 2.93 bits per heavy atom. The highest BCUT2D eigenvalue weighted by Gasteiger charge is 2.35. The number of hydrogen-bond acceptors (Lipinski definition) is 4. The van der Waals surface area contributed by atoms with Gasteiger partial charge in [0.2, 0.25) is 0 Å². The Labute approximate surface area is 168 Å². The zero-order chi connectivity index (χ0) is 20.1. The van der Waals surface area contributed by atoms with Gasteiger partial charge in [0, 0.05) is 30.5 Å². The van der Waals surface area contributed by atoms with Gasteiger partial charge in [0.1, 0.15) is 17.3 Å². The molecule has 0 unspecified atom stereocenters. The fourth-order valence-electron chi connectivity index (χ4n) is 4.65. The van der Waals surface area contributed by atoms with Gasteiger partial charge in [-0.05, 0) is 57.0 Å². The van der Waals surface area contributed by atoms with E-state index < -0.39 is 0 Å². The lowest BCUT2D eigenvalue weighted by atomic mass is 10.00. The highest BCUT2D eigenvalue weighted by molar-refractivity contribution is 6.01. The quantitative estimate of drug-likeness (QED) is 0.723. The van der Waals surface area contributed by atoms with Crippen LogP contribution in [0.3, 0.4) is 0 Å². The summed E-state index contributed by atoms with van der Waals surface area (Å²) in [5.74, 6) is 1.51. The van der Waals surface area contributed by atoms with E-state index >= 15 is 0 Å². The van der Waals surface area contributed by atoms with E-state index in [4.69, 9.17) is 0 Å². The van der Waals surface area contributed by atoms with Crippen LogP contribution in [0.2, 0.25) is 0 Å². The van der Waals surface area contributed by atoms with Crippen molar-refractivity contribution in [1.82, 2.24) is 29.5 Å². The minimum Gasteiger partial charge on any atom is -0.350 e. The molecule has 0 saturated carbocycles. The summed E-state index contributed by atoms with van der Waals surface area (Å²) in [4.78, 5) is 20.9. The summed E-state index contributed by atoms with van der Waals surface area (Å²) in [7, 11) is 2.08. The number of H-pyrrole nitrogens is 1. The van der Waals surface area contributed by atoms with Crippen LogP contribution >= 0.6 is 0 Å². The summed E-state index contributed by atoms with van der Waals surface area (Å²) >= 11 is 0. The summed E-state index contributed by atoms with van der Waals surface area (Å²) in [6, 6.07) is 4.50. The number of nitrogens with zero attached hydrogens (tertiary/aromatic N) is 5. The lowest BCUT2D eigenvalue weighted by Gasteiger charge is -2.36. The van der Waals surface area contributed by atoms with Crippen molar-refractivity contribution in [2.75, 3.05) is 20.1 Å². The van der Waals surface area contributed by atoms with Gasteiger partial charge >= 0.3 is 0 Å². The number of amides is 1. The number of nitrogens with one attached hydrogen (secondary N) is 1. The van der Waals surface area contributed by atoms with Crippen LogP contribution in [0.5, 0.6) is 0 Å². The second kappa shape index (κ2) is 6.95. The molecular formula is C21H25FN6O. The molecule has 8 heteroatoms. The normalized spacial score (nSPS) is 20.2. The third-order valence-electron chi connectivity index (χ3n) is 6.27. The molecule has 29 heavy (non-hydrogen) atoms. The number of carbonyl (C=O) groups excluding carboxylic acids is 1. The molecule has 1 saturated heterocycles. The van der Waals surface area contributed by atoms with Crippen molar-refractivity contribution in [2.24, 2.45) is 0 Å². The minimum absolute atomic E-state index is 0.0471. The number of rotatable bonds is 2.